The first-order chi connectivity index (χ1) is 8.16. The Hall–Kier alpha value is -1.95. The van der Waals surface area contributed by atoms with Crippen LogP contribution >= 0.6 is 11.6 Å². The fraction of sp³-hybridized carbons (Fsp3) is 0.100. The van der Waals surface area contributed by atoms with Gasteiger partial charge in [0.15, 0.2) is 0 Å². The summed E-state index contributed by atoms with van der Waals surface area (Å²) in [4.78, 5) is 15.2. The Kier molecular flexibility index (Phi) is 3.34. The Balaban J connectivity index is 2.07. The van der Waals surface area contributed by atoms with Gasteiger partial charge in [0.25, 0.3) is 5.91 Å². The Morgan fingerprint density at radius 3 is 3.12 bits per heavy atom. The highest BCUT2D eigenvalue weighted by Crippen LogP contribution is 2.13. The van der Waals surface area contributed by atoms with Crippen LogP contribution < -0.4 is 5.32 Å². The molecule has 0 aliphatic carbocycles. The first-order valence-corrected chi connectivity index (χ1v) is 5.03. The fourth-order valence-corrected chi connectivity index (χ4v) is 1.37. The predicted molar refractivity (Wildman–Crippen MR) is 56.9 cm³/mol. The molecule has 0 aliphatic rings. The molecule has 5 nitrogen and oxygen atoms in total. The van der Waals surface area contributed by atoms with Crippen LogP contribution in [0.3, 0.4) is 0 Å². The summed E-state index contributed by atoms with van der Waals surface area (Å²) < 4.78 is 17.5. The zero-order valence-electron chi connectivity index (χ0n) is 8.48. The molecule has 0 fully saturated rings. The second kappa shape index (κ2) is 4.92. The van der Waals surface area contributed by atoms with E-state index in [0.29, 0.717) is 5.69 Å². The molecular formula is C10H7ClFN3O2. The molecule has 2 aromatic rings. The van der Waals surface area contributed by atoms with Crippen molar-refractivity contribution >= 4 is 17.5 Å². The molecule has 1 amide bonds. The monoisotopic (exact) mass is 255 g/mol. The average Bonchev–Trinajstić information content (AvgIpc) is 2.82. The summed E-state index contributed by atoms with van der Waals surface area (Å²) in [5.41, 5.74) is 0.536. The Morgan fingerprint density at radius 2 is 2.41 bits per heavy atom. The van der Waals surface area contributed by atoms with Gasteiger partial charge in [-0.15, -0.1) is 0 Å². The van der Waals surface area contributed by atoms with Crippen molar-refractivity contribution in [3.63, 3.8) is 0 Å². The van der Waals surface area contributed by atoms with Crippen LogP contribution in [-0.4, -0.2) is 16.0 Å². The van der Waals surface area contributed by atoms with E-state index in [9.17, 15) is 9.18 Å². The number of hydrogen-bond acceptors (Lipinski definition) is 4. The highest BCUT2D eigenvalue weighted by Gasteiger charge is 2.12. The van der Waals surface area contributed by atoms with Gasteiger partial charge in [-0.2, -0.15) is 0 Å². The van der Waals surface area contributed by atoms with Gasteiger partial charge in [-0.05, 0) is 6.07 Å². The van der Waals surface area contributed by atoms with Gasteiger partial charge in [-0.1, -0.05) is 16.8 Å². The minimum atomic E-state index is -0.624. The van der Waals surface area contributed by atoms with Crippen LogP contribution in [0, 0.1) is 5.82 Å². The van der Waals surface area contributed by atoms with Gasteiger partial charge in [0.1, 0.15) is 22.9 Å². The van der Waals surface area contributed by atoms with Crippen molar-refractivity contribution in [2.24, 2.45) is 0 Å². The van der Waals surface area contributed by atoms with Crippen molar-refractivity contribution in [3.8, 4) is 0 Å². The molecule has 0 bridgehead atoms. The van der Waals surface area contributed by atoms with E-state index in [2.05, 4.69) is 20.0 Å². The molecule has 0 spiro atoms. The Labute approximate surface area is 101 Å². The molecule has 88 valence electrons. The van der Waals surface area contributed by atoms with Crippen LogP contribution in [0.2, 0.25) is 5.15 Å². The van der Waals surface area contributed by atoms with Crippen LogP contribution in [0.15, 0.2) is 29.1 Å². The summed E-state index contributed by atoms with van der Waals surface area (Å²) in [7, 11) is 0. The normalized spacial score (nSPS) is 10.2. The summed E-state index contributed by atoms with van der Waals surface area (Å²) in [5, 5.41) is 6.07. The minimum Gasteiger partial charge on any atom is -0.364 e. The van der Waals surface area contributed by atoms with E-state index in [1.807, 2.05) is 0 Å². The maximum atomic E-state index is 12.9. The van der Waals surface area contributed by atoms with E-state index in [-0.39, 0.29) is 17.3 Å². The predicted octanol–water partition coefficient (Wildman–Crippen LogP) is 1.79. The van der Waals surface area contributed by atoms with E-state index in [0.717, 1.165) is 12.3 Å². The number of amides is 1. The highest BCUT2D eigenvalue weighted by molar-refractivity contribution is 6.32. The average molecular weight is 256 g/mol. The molecule has 7 heteroatoms. The molecule has 2 heterocycles. The van der Waals surface area contributed by atoms with Crippen molar-refractivity contribution in [3.05, 3.63) is 46.8 Å². The maximum Gasteiger partial charge on any atom is 0.254 e. The largest absolute Gasteiger partial charge is 0.364 e. The molecule has 0 radical (unpaired) electrons. The van der Waals surface area contributed by atoms with Crippen molar-refractivity contribution in [1.82, 2.24) is 15.5 Å². The summed E-state index contributed by atoms with van der Waals surface area (Å²) in [6, 6.07) is 2.62. The summed E-state index contributed by atoms with van der Waals surface area (Å²) >= 11 is 5.68. The third kappa shape index (κ3) is 2.79. The van der Waals surface area contributed by atoms with Crippen molar-refractivity contribution in [1.29, 1.82) is 0 Å². The number of carbonyl (C=O) groups is 1. The molecule has 0 aliphatic heterocycles. The van der Waals surface area contributed by atoms with Gasteiger partial charge in [0, 0.05) is 6.07 Å². The highest BCUT2D eigenvalue weighted by atomic mass is 35.5. The molecule has 2 aromatic heterocycles. The van der Waals surface area contributed by atoms with Gasteiger partial charge >= 0.3 is 0 Å². The van der Waals surface area contributed by atoms with Gasteiger partial charge < -0.3 is 9.84 Å². The van der Waals surface area contributed by atoms with Crippen LogP contribution in [0.4, 0.5) is 4.39 Å². The van der Waals surface area contributed by atoms with Gasteiger partial charge in [0.05, 0.1) is 18.3 Å². The van der Waals surface area contributed by atoms with Crippen LogP contribution in [-0.2, 0) is 6.54 Å². The van der Waals surface area contributed by atoms with Gasteiger partial charge in [-0.25, -0.2) is 9.37 Å². The van der Waals surface area contributed by atoms with Crippen molar-refractivity contribution in [2.45, 2.75) is 6.54 Å². The number of nitrogens with zero attached hydrogens (tertiary/aromatic N) is 2. The minimum absolute atomic E-state index is 0.0184. The van der Waals surface area contributed by atoms with E-state index < -0.39 is 11.7 Å². The summed E-state index contributed by atoms with van der Waals surface area (Å²) in [6.45, 7) is 0.169. The number of hydrogen-bond donors (Lipinski definition) is 1. The Morgan fingerprint density at radius 1 is 1.59 bits per heavy atom. The Bertz CT molecular complexity index is 530. The molecular weight excluding hydrogens is 249 g/mol. The zero-order valence-corrected chi connectivity index (χ0v) is 9.24. The number of halogens is 2. The van der Waals surface area contributed by atoms with E-state index >= 15 is 0 Å². The maximum absolute atomic E-state index is 12.9. The quantitative estimate of drug-likeness (QED) is 0.849. The first kappa shape index (κ1) is 11.5. The lowest BCUT2D eigenvalue weighted by Crippen LogP contribution is -2.23. The number of aromatic nitrogens is 2. The zero-order chi connectivity index (χ0) is 12.3. The number of nitrogens with one attached hydrogen (secondary N) is 1. The summed E-state index contributed by atoms with van der Waals surface area (Å²) in [5.74, 6) is -1.15. The van der Waals surface area contributed by atoms with Crippen molar-refractivity contribution in [2.75, 3.05) is 0 Å². The van der Waals surface area contributed by atoms with Crippen molar-refractivity contribution < 1.29 is 13.7 Å². The molecule has 0 atom stereocenters. The third-order valence-electron chi connectivity index (χ3n) is 1.97. The van der Waals surface area contributed by atoms with Crippen LogP contribution in [0.25, 0.3) is 0 Å². The third-order valence-corrected chi connectivity index (χ3v) is 2.27. The number of carbonyl (C=O) groups excluding carboxylic acids is 1. The second-order valence-corrected chi connectivity index (χ2v) is 3.52. The second-order valence-electron chi connectivity index (χ2n) is 3.17. The van der Waals surface area contributed by atoms with Gasteiger partial charge in [0.2, 0.25) is 0 Å². The lowest BCUT2D eigenvalue weighted by Gasteiger charge is -2.04. The van der Waals surface area contributed by atoms with Crippen LogP contribution in [0.1, 0.15) is 16.1 Å². The van der Waals surface area contributed by atoms with Gasteiger partial charge in [-0.3, -0.25) is 4.79 Å². The topological polar surface area (TPSA) is 68.0 Å². The molecule has 0 unspecified atom stereocenters. The van der Waals surface area contributed by atoms with E-state index in [1.165, 1.54) is 6.26 Å². The molecule has 0 saturated carbocycles. The fourth-order valence-electron chi connectivity index (χ4n) is 1.18. The standard InChI is InChI=1S/C10H7ClFN3O2/c11-9-8(3-6(12)4-13-9)10(16)14-5-7-1-2-17-15-7/h1-4H,5H2,(H,14,16). The number of pyridine rings is 1. The number of rotatable bonds is 3. The lowest BCUT2D eigenvalue weighted by atomic mass is 10.2. The molecule has 0 saturated heterocycles. The van der Waals surface area contributed by atoms with Crippen LogP contribution in [0.5, 0.6) is 0 Å². The molecule has 17 heavy (non-hydrogen) atoms. The van der Waals surface area contributed by atoms with E-state index in [1.54, 1.807) is 6.07 Å². The molecule has 0 aromatic carbocycles. The summed E-state index contributed by atoms with van der Waals surface area (Å²) in [6.07, 6.45) is 2.33. The lowest BCUT2D eigenvalue weighted by molar-refractivity contribution is 0.0949. The SMILES string of the molecule is O=C(NCc1ccon1)c1cc(F)cnc1Cl. The smallest absolute Gasteiger partial charge is 0.254 e. The first-order valence-electron chi connectivity index (χ1n) is 4.65. The van der Waals surface area contributed by atoms with E-state index in [4.69, 9.17) is 11.6 Å². The molecule has 1 N–H and O–H groups in total. The molecule has 2 rings (SSSR count).